The van der Waals surface area contributed by atoms with Crippen LogP contribution in [0.5, 0.6) is 5.88 Å². The first-order chi connectivity index (χ1) is 19.3. The zero-order valence-corrected chi connectivity index (χ0v) is 23.3. The van der Waals surface area contributed by atoms with E-state index in [9.17, 15) is 14.0 Å². The second-order valence-electron chi connectivity index (χ2n) is 7.90. The number of pyridine rings is 1. The van der Waals surface area contributed by atoms with Gasteiger partial charge in [0, 0.05) is 16.1 Å². The third kappa shape index (κ3) is 6.41. The fourth-order valence-electron chi connectivity index (χ4n) is 3.68. The predicted octanol–water partition coefficient (Wildman–Crippen LogP) is 6.32. The minimum atomic E-state index is -1.46. The first-order valence-electron chi connectivity index (χ1n) is 11.9. The Bertz CT molecular complexity index is 1560. The van der Waals surface area contributed by atoms with Gasteiger partial charge in [-0.2, -0.15) is 0 Å². The summed E-state index contributed by atoms with van der Waals surface area (Å²) >= 11 is 19.0. The lowest BCUT2D eigenvalue weighted by atomic mass is 10.0. The van der Waals surface area contributed by atoms with Crippen LogP contribution in [-0.2, 0) is 11.4 Å². The average molecular weight is 605 g/mol. The molecular weight excluding hydrogens is 584 g/mol. The summed E-state index contributed by atoms with van der Waals surface area (Å²) in [5.41, 5.74) is 1.20. The molecule has 0 aliphatic carbocycles. The first-order valence-corrected chi connectivity index (χ1v) is 13.0. The number of nitrogens with one attached hydrogen (secondary N) is 2. The number of aliphatic imine (C=N–C) groups is 1. The fraction of sp³-hybridized carbons (Fsp3) is 0.148. The zero-order chi connectivity index (χ0) is 28.8. The standard InChI is InChI=1S/C25H15Cl3FN5O4.C2H6/c26-12-5-17(27)20(18(28)6-12)21-15-3-1-2-4-19(15)32-24(36)22(33-21)34-23(35)16-7-13(29)8-31-25(16)37-10-14-9-30-11-38-14;1-2/h1-9,11,22H,10H2,(H,32,36)(H,34,35);1-2H3. The number of hydrogen-bond acceptors (Lipinski definition) is 7. The van der Waals surface area contributed by atoms with Crippen molar-refractivity contribution in [2.24, 2.45) is 4.99 Å². The van der Waals surface area contributed by atoms with Gasteiger partial charge in [0.15, 0.2) is 12.2 Å². The number of anilines is 1. The molecule has 5 rings (SSSR count). The number of carbonyl (C=O) groups excluding carboxylic acids is 2. The average Bonchev–Trinajstić information content (AvgIpc) is 3.41. The molecule has 1 aliphatic rings. The lowest BCUT2D eigenvalue weighted by Crippen LogP contribution is -2.42. The molecule has 0 saturated heterocycles. The molecule has 2 N–H and O–H groups in total. The van der Waals surface area contributed by atoms with Gasteiger partial charge in [0.25, 0.3) is 11.8 Å². The van der Waals surface area contributed by atoms with Gasteiger partial charge in [0.05, 0.1) is 33.8 Å². The molecule has 0 fully saturated rings. The molecule has 206 valence electrons. The van der Waals surface area contributed by atoms with Gasteiger partial charge in [-0.05, 0) is 24.3 Å². The van der Waals surface area contributed by atoms with Gasteiger partial charge < -0.3 is 19.8 Å². The van der Waals surface area contributed by atoms with Crippen LogP contribution in [-0.4, -0.2) is 33.7 Å². The molecule has 0 bridgehead atoms. The third-order valence-electron chi connectivity index (χ3n) is 5.36. The van der Waals surface area contributed by atoms with Crippen molar-refractivity contribution in [3.8, 4) is 5.88 Å². The number of nitrogens with zero attached hydrogens (tertiary/aromatic N) is 3. The second-order valence-corrected chi connectivity index (χ2v) is 9.15. The number of fused-ring (bicyclic) bond motifs is 1. The Hall–Kier alpha value is -3.99. The monoisotopic (exact) mass is 603 g/mol. The maximum atomic E-state index is 14.1. The number of amides is 2. The number of aromatic nitrogens is 2. The lowest BCUT2D eigenvalue weighted by molar-refractivity contribution is -0.117. The quantitative estimate of drug-likeness (QED) is 0.266. The molecule has 40 heavy (non-hydrogen) atoms. The molecule has 9 nitrogen and oxygen atoms in total. The van der Waals surface area contributed by atoms with E-state index in [0.29, 0.717) is 27.6 Å². The van der Waals surface area contributed by atoms with E-state index in [-0.39, 0.29) is 33.8 Å². The minimum absolute atomic E-state index is 0.117. The van der Waals surface area contributed by atoms with Crippen LogP contribution in [0.3, 0.4) is 0 Å². The van der Waals surface area contributed by atoms with Crippen molar-refractivity contribution < 1.29 is 23.1 Å². The van der Waals surface area contributed by atoms with E-state index >= 15 is 0 Å². The van der Waals surface area contributed by atoms with E-state index in [4.69, 9.17) is 44.0 Å². The van der Waals surface area contributed by atoms with Gasteiger partial charge >= 0.3 is 0 Å². The van der Waals surface area contributed by atoms with E-state index in [1.807, 2.05) is 13.8 Å². The van der Waals surface area contributed by atoms with Crippen molar-refractivity contribution in [1.29, 1.82) is 0 Å². The number of ether oxygens (including phenoxy) is 1. The molecule has 0 saturated carbocycles. The largest absolute Gasteiger partial charge is 0.469 e. The summed E-state index contributed by atoms with van der Waals surface area (Å²) in [4.78, 5) is 38.5. The molecule has 1 atom stereocenters. The number of carbonyl (C=O) groups is 2. The Morgan fingerprint density at radius 3 is 2.55 bits per heavy atom. The Morgan fingerprint density at radius 1 is 1.12 bits per heavy atom. The molecule has 0 radical (unpaired) electrons. The van der Waals surface area contributed by atoms with Crippen molar-refractivity contribution in [3.05, 3.63) is 105 Å². The highest BCUT2D eigenvalue weighted by Crippen LogP contribution is 2.34. The van der Waals surface area contributed by atoms with E-state index < -0.39 is 23.8 Å². The van der Waals surface area contributed by atoms with E-state index in [1.165, 1.54) is 24.7 Å². The van der Waals surface area contributed by atoms with Gasteiger partial charge in [-0.15, -0.1) is 0 Å². The molecule has 2 aromatic heterocycles. The summed E-state index contributed by atoms with van der Waals surface area (Å²) in [5, 5.41) is 5.91. The maximum absolute atomic E-state index is 14.1. The van der Waals surface area contributed by atoms with Gasteiger partial charge in [-0.1, -0.05) is 66.8 Å². The van der Waals surface area contributed by atoms with Crippen LogP contribution >= 0.6 is 34.8 Å². The maximum Gasteiger partial charge on any atom is 0.269 e. The summed E-state index contributed by atoms with van der Waals surface area (Å²) in [6.07, 6.45) is 2.06. The molecule has 13 heteroatoms. The zero-order valence-electron chi connectivity index (χ0n) is 21.0. The Labute approximate surface area is 243 Å². The van der Waals surface area contributed by atoms with E-state index in [2.05, 4.69) is 25.6 Å². The number of rotatable bonds is 6. The van der Waals surface area contributed by atoms with Crippen molar-refractivity contribution in [2.75, 3.05) is 5.32 Å². The van der Waals surface area contributed by atoms with E-state index in [0.717, 1.165) is 12.3 Å². The third-order valence-corrected chi connectivity index (χ3v) is 6.17. The summed E-state index contributed by atoms with van der Waals surface area (Å²) in [5.74, 6) is -2.15. The van der Waals surface area contributed by atoms with Crippen LogP contribution in [0.15, 0.2) is 70.7 Å². The number of hydrogen-bond donors (Lipinski definition) is 2. The van der Waals surface area contributed by atoms with Crippen LogP contribution < -0.4 is 15.4 Å². The minimum Gasteiger partial charge on any atom is -0.469 e. The SMILES string of the molecule is CC.O=C(NC1N=C(c2c(Cl)cc(Cl)cc2Cl)c2ccccc2NC1=O)c1cc(F)cnc1OCc1cnco1. The highest BCUT2D eigenvalue weighted by molar-refractivity contribution is 6.44. The van der Waals surface area contributed by atoms with Crippen LogP contribution in [0.25, 0.3) is 0 Å². The van der Waals surface area contributed by atoms with Crippen molar-refractivity contribution in [2.45, 2.75) is 26.6 Å². The Kier molecular flexibility index (Phi) is 9.36. The number of benzene rings is 2. The fourth-order valence-corrected chi connectivity index (χ4v) is 4.68. The topological polar surface area (TPSA) is 119 Å². The molecular formula is C27H21Cl3FN5O4. The van der Waals surface area contributed by atoms with Crippen molar-refractivity contribution in [1.82, 2.24) is 15.3 Å². The summed E-state index contributed by atoms with van der Waals surface area (Å²) in [6.45, 7) is 3.88. The lowest BCUT2D eigenvalue weighted by Gasteiger charge is -2.15. The highest BCUT2D eigenvalue weighted by atomic mass is 35.5. The van der Waals surface area contributed by atoms with Crippen LogP contribution in [0.2, 0.25) is 15.1 Å². The predicted molar refractivity (Wildman–Crippen MR) is 150 cm³/mol. The van der Waals surface area contributed by atoms with Crippen molar-refractivity contribution in [3.63, 3.8) is 0 Å². The van der Waals surface area contributed by atoms with Crippen LogP contribution in [0.4, 0.5) is 10.1 Å². The summed E-state index contributed by atoms with van der Waals surface area (Å²) < 4.78 is 24.7. The smallest absolute Gasteiger partial charge is 0.269 e. The number of para-hydroxylation sites is 1. The molecule has 4 aromatic rings. The second kappa shape index (κ2) is 12.9. The number of benzodiazepines with no additional fused rings is 1. The normalized spacial score (nSPS) is 14.1. The highest BCUT2D eigenvalue weighted by Gasteiger charge is 2.30. The van der Waals surface area contributed by atoms with E-state index in [1.54, 1.807) is 24.3 Å². The molecule has 1 aliphatic heterocycles. The van der Waals surface area contributed by atoms with Crippen molar-refractivity contribution >= 4 is 58.0 Å². The Balaban J connectivity index is 0.00000181. The van der Waals surface area contributed by atoms with Gasteiger partial charge in [0.1, 0.15) is 18.0 Å². The number of oxazole rings is 1. The molecule has 2 amide bonds. The van der Waals surface area contributed by atoms with Gasteiger partial charge in [-0.25, -0.2) is 19.4 Å². The molecule has 2 aromatic carbocycles. The summed E-state index contributed by atoms with van der Waals surface area (Å²) in [7, 11) is 0. The van der Waals surface area contributed by atoms with Gasteiger partial charge in [0.2, 0.25) is 12.0 Å². The molecule has 3 heterocycles. The Morgan fingerprint density at radius 2 is 1.85 bits per heavy atom. The first kappa shape index (κ1) is 29.0. The summed E-state index contributed by atoms with van der Waals surface area (Å²) in [6, 6.07) is 10.7. The van der Waals surface area contributed by atoms with Gasteiger partial charge in [-0.3, -0.25) is 9.59 Å². The van der Waals surface area contributed by atoms with Crippen LogP contribution in [0, 0.1) is 5.82 Å². The number of halogens is 4. The molecule has 0 spiro atoms. The van der Waals surface area contributed by atoms with Crippen LogP contribution in [0.1, 0.15) is 41.1 Å². The molecule has 1 unspecified atom stereocenters.